The van der Waals surface area contributed by atoms with Gasteiger partial charge in [0.05, 0.1) is 6.54 Å². The second-order valence-electron chi connectivity index (χ2n) is 4.07. The lowest BCUT2D eigenvalue weighted by molar-refractivity contribution is 0.137. The van der Waals surface area contributed by atoms with Crippen molar-refractivity contribution in [3.63, 3.8) is 0 Å². The van der Waals surface area contributed by atoms with Gasteiger partial charge < -0.3 is 14.8 Å². The van der Waals surface area contributed by atoms with Gasteiger partial charge in [-0.15, -0.1) is 0 Å². The zero-order valence-electron chi connectivity index (χ0n) is 11.0. The van der Waals surface area contributed by atoms with E-state index in [1.165, 1.54) is 0 Å². The Kier molecular flexibility index (Phi) is 5.46. The Labute approximate surface area is 118 Å². The number of rotatable bonds is 6. The lowest BCUT2D eigenvalue weighted by atomic mass is 10.2. The quantitative estimate of drug-likeness (QED) is 0.821. The predicted octanol–water partition coefficient (Wildman–Crippen LogP) is 2.79. The van der Waals surface area contributed by atoms with Crippen LogP contribution in [-0.4, -0.2) is 19.2 Å². The molecule has 2 aromatic rings. The van der Waals surface area contributed by atoms with E-state index in [1.54, 1.807) is 12.1 Å². The average Bonchev–Trinajstić information content (AvgIpc) is 2.52. The molecule has 2 rings (SSSR count). The summed E-state index contributed by atoms with van der Waals surface area (Å²) in [5.74, 6) is 0.753. The molecule has 1 N–H and O–H groups in total. The van der Waals surface area contributed by atoms with Crippen LogP contribution in [0.3, 0.4) is 0 Å². The lowest BCUT2D eigenvalue weighted by Crippen LogP contribution is -2.28. The molecule has 0 saturated carbocycles. The molecular formula is C16H16NO3. The number of benzene rings is 2. The number of amides is 1. The van der Waals surface area contributed by atoms with Crippen LogP contribution in [0.2, 0.25) is 0 Å². The number of ether oxygens (including phenoxy) is 2. The molecule has 0 aromatic heterocycles. The van der Waals surface area contributed by atoms with E-state index in [9.17, 15) is 4.79 Å². The summed E-state index contributed by atoms with van der Waals surface area (Å²) in [6.07, 6.45) is -0.446. The van der Waals surface area contributed by atoms with Crippen LogP contribution in [0.4, 0.5) is 4.79 Å². The van der Waals surface area contributed by atoms with E-state index in [4.69, 9.17) is 9.47 Å². The van der Waals surface area contributed by atoms with Gasteiger partial charge >= 0.3 is 6.09 Å². The number of nitrogens with one attached hydrogen (secondary N) is 1. The second kappa shape index (κ2) is 7.84. The van der Waals surface area contributed by atoms with Crippen molar-refractivity contribution in [3.8, 4) is 5.75 Å². The molecule has 0 fully saturated rings. The summed E-state index contributed by atoms with van der Waals surface area (Å²) in [4.78, 5) is 11.4. The zero-order valence-corrected chi connectivity index (χ0v) is 11.0. The molecule has 20 heavy (non-hydrogen) atoms. The molecule has 2 aromatic carbocycles. The Balaban J connectivity index is 1.59. The number of carbonyl (C=O) groups is 1. The zero-order chi connectivity index (χ0) is 14.0. The van der Waals surface area contributed by atoms with Crippen molar-refractivity contribution in [1.82, 2.24) is 5.32 Å². The molecule has 4 heteroatoms. The first-order valence-corrected chi connectivity index (χ1v) is 6.38. The van der Waals surface area contributed by atoms with Gasteiger partial charge in [-0.1, -0.05) is 42.5 Å². The topological polar surface area (TPSA) is 47.6 Å². The van der Waals surface area contributed by atoms with Crippen LogP contribution in [0.1, 0.15) is 5.56 Å². The molecule has 0 saturated heterocycles. The molecule has 103 valence electrons. The van der Waals surface area contributed by atoms with Crippen molar-refractivity contribution >= 4 is 6.09 Å². The third-order valence-electron chi connectivity index (χ3n) is 2.54. The largest absolute Gasteiger partial charge is 0.492 e. The van der Waals surface area contributed by atoms with Crippen LogP contribution >= 0.6 is 0 Å². The highest BCUT2D eigenvalue weighted by Crippen LogP contribution is 2.07. The van der Waals surface area contributed by atoms with Crippen LogP contribution in [-0.2, 0) is 11.3 Å². The van der Waals surface area contributed by atoms with Crippen molar-refractivity contribution in [2.75, 3.05) is 13.2 Å². The molecule has 0 atom stereocenters. The van der Waals surface area contributed by atoms with Crippen LogP contribution in [0.15, 0.2) is 54.6 Å². The second-order valence-corrected chi connectivity index (χ2v) is 4.07. The van der Waals surface area contributed by atoms with Gasteiger partial charge in [0.25, 0.3) is 0 Å². The van der Waals surface area contributed by atoms with Gasteiger partial charge in [0.15, 0.2) is 0 Å². The van der Waals surface area contributed by atoms with Gasteiger partial charge in [-0.05, 0) is 23.8 Å². The Hall–Kier alpha value is -2.49. The molecular weight excluding hydrogens is 254 g/mol. The van der Waals surface area contributed by atoms with Crippen LogP contribution in [0.25, 0.3) is 0 Å². The molecule has 0 heterocycles. The van der Waals surface area contributed by atoms with Gasteiger partial charge in [0, 0.05) is 0 Å². The Bertz CT molecular complexity index is 514. The summed E-state index contributed by atoms with van der Waals surface area (Å²) in [5.41, 5.74) is 0.958. The number of hydrogen-bond donors (Lipinski definition) is 1. The first-order valence-electron chi connectivity index (χ1n) is 6.38. The van der Waals surface area contributed by atoms with Gasteiger partial charge in [-0.25, -0.2) is 4.79 Å². The van der Waals surface area contributed by atoms with E-state index in [0.29, 0.717) is 13.2 Å². The number of carbonyl (C=O) groups excluding carboxylic acids is 1. The summed E-state index contributed by atoms with van der Waals surface area (Å²) < 4.78 is 10.5. The standard InChI is InChI=1S/C16H16NO3/c18-16(20-13-14-7-3-1-4-8-14)17-11-12-19-15-9-5-2-6-10-15/h1,3-10H,11-13H2,(H,17,18). The van der Waals surface area contributed by atoms with Crippen molar-refractivity contribution in [2.24, 2.45) is 0 Å². The molecule has 4 nitrogen and oxygen atoms in total. The van der Waals surface area contributed by atoms with E-state index < -0.39 is 6.09 Å². The van der Waals surface area contributed by atoms with E-state index in [1.807, 2.05) is 42.5 Å². The molecule has 0 aliphatic rings. The minimum atomic E-state index is -0.446. The highest BCUT2D eigenvalue weighted by molar-refractivity contribution is 5.67. The highest BCUT2D eigenvalue weighted by atomic mass is 16.5. The monoisotopic (exact) mass is 270 g/mol. The third kappa shape index (κ3) is 5.02. The van der Waals surface area contributed by atoms with E-state index in [2.05, 4.69) is 11.4 Å². The smallest absolute Gasteiger partial charge is 0.407 e. The molecule has 0 aliphatic heterocycles. The molecule has 0 bridgehead atoms. The number of alkyl carbamates (subject to hydrolysis) is 1. The summed E-state index contributed by atoms with van der Waals surface area (Å²) in [6.45, 7) is 1.05. The SMILES string of the molecule is O=C(NCCOc1cc[c]cc1)OCc1ccccc1. The van der Waals surface area contributed by atoms with Gasteiger partial charge in [0.2, 0.25) is 0 Å². The maximum atomic E-state index is 11.4. The molecule has 0 spiro atoms. The molecule has 1 radical (unpaired) electrons. The van der Waals surface area contributed by atoms with Crippen LogP contribution in [0, 0.1) is 6.07 Å². The lowest BCUT2D eigenvalue weighted by Gasteiger charge is -2.08. The van der Waals surface area contributed by atoms with E-state index in [0.717, 1.165) is 11.3 Å². The normalized spacial score (nSPS) is 9.80. The third-order valence-corrected chi connectivity index (χ3v) is 2.54. The number of hydrogen-bond acceptors (Lipinski definition) is 3. The van der Waals surface area contributed by atoms with E-state index in [-0.39, 0.29) is 6.61 Å². The van der Waals surface area contributed by atoms with Gasteiger partial charge in [-0.2, -0.15) is 0 Å². The van der Waals surface area contributed by atoms with Gasteiger partial charge in [0.1, 0.15) is 19.0 Å². The van der Waals surface area contributed by atoms with Crippen molar-refractivity contribution < 1.29 is 14.3 Å². The minimum Gasteiger partial charge on any atom is -0.492 e. The summed E-state index contributed by atoms with van der Waals surface area (Å²) in [5, 5.41) is 2.63. The first kappa shape index (κ1) is 13.9. The maximum absolute atomic E-state index is 11.4. The van der Waals surface area contributed by atoms with Crippen molar-refractivity contribution in [2.45, 2.75) is 6.61 Å². The maximum Gasteiger partial charge on any atom is 0.407 e. The predicted molar refractivity (Wildman–Crippen MR) is 75.4 cm³/mol. The highest BCUT2D eigenvalue weighted by Gasteiger charge is 2.01. The fraction of sp³-hybridized carbons (Fsp3) is 0.188. The van der Waals surface area contributed by atoms with Crippen molar-refractivity contribution in [3.05, 3.63) is 66.2 Å². The summed E-state index contributed by atoms with van der Waals surface area (Å²) in [7, 11) is 0. The van der Waals surface area contributed by atoms with Crippen molar-refractivity contribution in [1.29, 1.82) is 0 Å². The summed E-state index contributed by atoms with van der Waals surface area (Å²) in [6, 6.07) is 19.6. The fourth-order valence-corrected chi connectivity index (χ4v) is 1.56. The molecule has 0 aliphatic carbocycles. The molecule has 1 amide bonds. The average molecular weight is 270 g/mol. The summed E-state index contributed by atoms with van der Waals surface area (Å²) >= 11 is 0. The van der Waals surface area contributed by atoms with Crippen LogP contribution in [0.5, 0.6) is 5.75 Å². The Morgan fingerprint density at radius 2 is 1.85 bits per heavy atom. The van der Waals surface area contributed by atoms with E-state index >= 15 is 0 Å². The Morgan fingerprint density at radius 1 is 1.10 bits per heavy atom. The Morgan fingerprint density at radius 3 is 2.60 bits per heavy atom. The van der Waals surface area contributed by atoms with Crippen LogP contribution < -0.4 is 10.1 Å². The van der Waals surface area contributed by atoms with Gasteiger partial charge in [-0.3, -0.25) is 0 Å². The minimum absolute atomic E-state index is 0.266. The first-order chi connectivity index (χ1) is 9.84. The molecule has 0 unspecified atom stereocenters. The fourth-order valence-electron chi connectivity index (χ4n) is 1.56.